The molecule has 348 valence electrons. The molecule has 0 amide bonds. The molecule has 10 heteroatoms. The molecular formula is C50H92O8Sn2. The Bertz CT molecular complexity index is 909. The van der Waals surface area contributed by atoms with E-state index in [1.807, 2.05) is 0 Å². The van der Waals surface area contributed by atoms with Crippen LogP contribution < -0.4 is 20.4 Å². The Morgan fingerprint density at radius 2 is 0.517 bits per heavy atom. The van der Waals surface area contributed by atoms with E-state index < -0.39 is 23.9 Å². The van der Waals surface area contributed by atoms with E-state index in [0.717, 1.165) is 25.7 Å². The van der Waals surface area contributed by atoms with Crippen molar-refractivity contribution in [2.24, 2.45) is 0 Å². The normalized spacial score (nSPS) is 10.8. The molecule has 0 aromatic rings. The number of rotatable bonds is 40. The minimum atomic E-state index is -1.47. The van der Waals surface area contributed by atoms with Crippen LogP contribution in [0.25, 0.3) is 0 Å². The molecule has 0 aromatic carbocycles. The van der Waals surface area contributed by atoms with Crippen LogP contribution >= 0.6 is 0 Å². The summed E-state index contributed by atoms with van der Waals surface area (Å²) in [7, 11) is 0. The van der Waals surface area contributed by atoms with Crippen molar-refractivity contribution in [3.05, 3.63) is 23.3 Å². The molecule has 8 nitrogen and oxygen atoms in total. The Balaban J connectivity index is -0.000000375. The van der Waals surface area contributed by atoms with Gasteiger partial charge in [-0.15, -0.1) is 0 Å². The topological polar surface area (TPSA) is 161 Å². The van der Waals surface area contributed by atoms with Crippen molar-refractivity contribution in [3.63, 3.8) is 0 Å². The quantitative estimate of drug-likeness (QED) is 0.0333. The summed E-state index contributed by atoms with van der Waals surface area (Å²) in [6.45, 7) is 13.6. The molecule has 0 fully saturated rings. The number of carbonyl (C=O) groups excluding carboxylic acids is 4. The summed E-state index contributed by atoms with van der Waals surface area (Å²) in [5.74, 6) is -5.77. The second-order valence-electron chi connectivity index (χ2n) is 16.0. The fourth-order valence-corrected chi connectivity index (χ4v) is 14.5. The predicted octanol–water partition coefficient (Wildman–Crippen LogP) is 10.5. The first-order valence-corrected chi connectivity index (χ1v) is 32.7. The number of carboxylic acid groups (broad SMARTS) is 4. The molecule has 0 heterocycles. The van der Waals surface area contributed by atoms with Gasteiger partial charge in [0.2, 0.25) is 0 Å². The van der Waals surface area contributed by atoms with Gasteiger partial charge in [0.15, 0.2) is 0 Å². The van der Waals surface area contributed by atoms with Crippen molar-refractivity contribution < 1.29 is 39.6 Å². The Labute approximate surface area is 391 Å². The van der Waals surface area contributed by atoms with Gasteiger partial charge in [-0.05, 0) is 49.0 Å². The summed E-state index contributed by atoms with van der Waals surface area (Å²) in [5, 5.41) is 42.0. The summed E-state index contributed by atoms with van der Waals surface area (Å²) in [4.78, 5) is 42.0. The molecule has 0 aliphatic carbocycles. The fourth-order valence-electron chi connectivity index (χ4n) is 6.17. The van der Waals surface area contributed by atoms with Gasteiger partial charge < -0.3 is 39.6 Å². The van der Waals surface area contributed by atoms with Gasteiger partial charge in [0.05, 0.1) is 23.9 Å². The third-order valence-electron chi connectivity index (χ3n) is 10.0. The van der Waals surface area contributed by atoms with Crippen LogP contribution in [0.5, 0.6) is 0 Å². The van der Waals surface area contributed by atoms with E-state index in [9.17, 15) is 39.6 Å². The summed E-state index contributed by atoms with van der Waals surface area (Å²) >= 11 is 0.299. The first-order chi connectivity index (χ1) is 29.0. The predicted molar refractivity (Wildman–Crippen MR) is 249 cm³/mol. The van der Waals surface area contributed by atoms with Gasteiger partial charge in [-0.25, -0.2) is 0 Å². The van der Waals surface area contributed by atoms with Crippen molar-refractivity contribution in [1.82, 2.24) is 0 Å². The van der Waals surface area contributed by atoms with E-state index in [-0.39, 0.29) is 66.3 Å². The molecule has 0 saturated heterocycles. The summed E-state index contributed by atoms with van der Waals surface area (Å²) in [6, 6.07) is 0. The van der Waals surface area contributed by atoms with E-state index in [1.165, 1.54) is 154 Å². The second-order valence-corrected chi connectivity index (χ2v) is 24.6. The SMILES string of the molecule is CCCCCCCCCCCCC/C(=C/C(=O)[O-])C(=O)[O-].CCCCCCCCCCCCC/C(=C/C(=O)[O-])C(=O)[O-].CCC[CH2][Sn+2][CH2]CCC.CCC[CH2][Sn+2][CH2]CCC. The van der Waals surface area contributed by atoms with Gasteiger partial charge in [-0.1, -0.05) is 142 Å². The van der Waals surface area contributed by atoms with Gasteiger partial charge in [0.25, 0.3) is 0 Å². The van der Waals surface area contributed by atoms with E-state index in [1.54, 1.807) is 17.7 Å². The van der Waals surface area contributed by atoms with Gasteiger partial charge in [-0.2, -0.15) is 0 Å². The van der Waals surface area contributed by atoms with Crippen LogP contribution in [0.15, 0.2) is 23.3 Å². The van der Waals surface area contributed by atoms with Crippen LogP contribution in [-0.4, -0.2) is 66.2 Å². The van der Waals surface area contributed by atoms with Crippen LogP contribution in [-0.2, 0) is 19.2 Å². The Kier molecular flexibility index (Phi) is 63.3. The molecule has 0 unspecified atom stereocenters. The molecule has 0 aliphatic heterocycles. The van der Waals surface area contributed by atoms with Crippen LogP contribution in [0.1, 0.15) is 247 Å². The Morgan fingerprint density at radius 3 is 0.700 bits per heavy atom. The molecular weight excluding hydrogens is 966 g/mol. The molecule has 0 bridgehead atoms. The Hall–Kier alpha value is -1.04. The molecule has 60 heavy (non-hydrogen) atoms. The van der Waals surface area contributed by atoms with Crippen LogP contribution in [0, 0.1) is 0 Å². The zero-order valence-electron chi connectivity index (χ0n) is 39.9. The average Bonchev–Trinajstić information content (AvgIpc) is 3.21. The maximum absolute atomic E-state index is 10.7. The van der Waals surface area contributed by atoms with Crippen molar-refractivity contribution >= 4 is 66.2 Å². The van der Waals surface area contributed by atoms with Crippen LogP contribution in [0.4, 0.5) is 0 Å². The summed E-state index contributed by atoms with van der Waals surface area (Å²) in [6.07, 6.45) is 39.3. The molecule has 0 radical (unpaired) electrons. The molecule has 0 saturated carbocycles. The maximum atomic E-state index is 10.7. The third-order valence-corrected chi connectivity index (χ3v) is 18.1. The number of aliphatic carboxylic acids is 4. The summed E-state index contributed by atoms with van der Waals surface area (Å²) < 4.78 is 6.50. The number of carbonyl (C=O) groups is 4. The van der Waals surface area contributed by atoms with Crippen molar-refractivity contribution in [1.29, 1.82) is 0 Å². The van der Waals surface area contributed by atoms with E-state index in [2.05, 4.69) is 41.5 Å². The van der Waals surface area contributed by atoms with Gasteiger partial charge in [-0.3, -0.25) is 0 Å². The second kappa shape index (κ2) is 58.0. The molecule has 0 aromatic heterocycles. The Morgan fingerprint density at radius 1 is 0.317 bits per heavy atom. The van der Waals surface area contributed by atoms with Crippen LogP contribution in [0.3, 0.4) is 0 Å². The molecule has 0 aliphatic rings. The van der Waals surface area contributed by atoms with Gasteiger partial charge >= 0.3 is 139 Å². The van der Waals surface area contributed by atoms with Crippen molar-refractivity contribution in [2.75, 3.05) is 0 Å². The molecule has 0 N–H and O–H groups in total. The monoisotopic (exact) mass is 1060 g/mol. The first kappa shape index (κ1) is 65.6. The minimum absolute atomic E-state index is 0.149. The van der Waals surface area contributed by atoms with Crippen molar-refractivity contribution in [3.8, 4) is 0 Å². The molecule has 0 spiro atoms. The third kappa shape index (κ3) is 63.6. The van der Waals surface area contributed by atoms with E-state index in [4.69, 9.17) is 0 Å². The molecule has 0 rings (SSSR count). The number of hydrogen-bond acceptors (Lipinski definition) is 8. The zero-order chi connectivity index (χ0) is 45.7. The standard InChI is InChI=1S/2C17H30O4.4C4H9.2Sn/c2*1-2-3-4-5-6-7-8-9-10-11-12-13-15(17(20)21)14-16(18)19;4*1-3-4-2;;/h2*14H,2-13H2,1H3,(H,18,19)(H,20,21);4*1,3-4H2,2H3;;/q;;;;;;2*+2/p-4/b2*15-14-;;;;;;. The van der Waals surface area contributed by atoms with E-state index >= 15 is 0 Å². The average molecular weight is 1060 g/mol. The van der Waals surface area contributed by atoms with Crippen LogP contribution in [0.2, 0.25) is 17.7 Å². The van der Waals surface area contributed by atoms with Crippen molar-refractivity contribution in [2.45, 2.75) is 265 Å². The molecule has 0 atom stereocenters. The number of hydrogen-bond donors (Lipinski definition) is 0. The van der Waals surface area contributed by atoms with E-state index in [0.29, 0.717) is 25.0 Å². The van der Waals surface area contributed by atoms with Gasteiger partial charge in [0, 0.05) is 0 Å². The zero-order valence-corrected chi connectivity index (χ0v) is 45.6. The number of carboxylic acids is 4. The number of unbranched alkanes of at least 4 members (excludes halogenated alkanes) is 24. The fraction of sp³-hybridized carbons (Fsp3) is 0.840. The summed E-state index contributed by atoms with van der Waals surface area (Å²) in [5.41, 5.74) is -0.350. The first-order valence-electron chi connectivity index (χ1n) is 24.7. The van der Waals surface area contributed by atoms with Gasteiger partial charge in [0.1, 0.15) is 0 Å².